The molecule has 0 spiro atoms. The number of rotatable bonds is 4. The molecular weight excluding hydrogens is 304 g/mol. The summed E-state index contributed by atoms with van der Waals surface area (Å²) in [6.07, 6.45) is 6.51. The third-order valence-corrected chi connectivity index (χ3v) is 7.15. The smallest absolute Gasteiger partial charge is 0.0860 e. The summed E-state index contributed by atoms with van der Waals surface area (Å²) in [5.41, 5.74) is 0.402. The first kappa shape index (κ1) is 14.3. The fraction of sp³-hybridized carbons (Fsp3) is 1.00. The summed E-state index contributed by atoms with van der Waals surface area (Å²) in [7, 11) is 0. The van der Waals surface area contributed by atoms with Crippen molar-refractivity contribution in [1.82, 2.24) is 0 Å². The number of hydrogen-bond donors (Lipinski definition) is 0. The standard InChI is InChI=1S/C16H27BrO2/c1-15(2)13-3-4-14(9-13)16(15,11-17)19-10-12-5-7-18-8-6-12/h12-14H,3-11H2,1-2H3. The minimum atomic E-state index is 0.0776. The minimum absolute atomic E-state index is 0.0776. The highest BCUT2D eigenvalue weighted by Gasteiger charge is 2.63. The van der Waals surface area contributed by atoms with Crippen molar-refractivity contribution in [1.29, 1.82) is 0 Å². The molecule has 3 rings (SSSR count). The van der Waals surface area contributed by atoms with Crippen LogP contribution in [0.15, 0.2) is 0 Å². The first-order chi connectivity index (χ1) is 9.10. The molecule has 19 heavy (non-hydrogen) atoms. The Kier molecular flexibility index (Phi) is 4.01. The van der Waals surface area contributed by atoms with E-state index in [1.165, 1.54) is 32.1 Å². The molecule has 0 amide bonds. The summed E-state index contributed by atoms with van der Waals surface area (Å²) in [4.78, 5) is 0. The third kappa shape index (κ3) is 2.20. The molecule has 3 fully saturated rings. The van der Waals surface area contributed by atoms with E-state index in [2.05, 4.69) is 29.8 Å². The lowest BCUT2D eigenvalue weighted by atomic mass is 9.66. The van der Waals surface area contributed by atoms with Gasteiger partial charge in [-0.3, -0.25) is 0 Å². The van der Waals surface area contributed by atoms with Gasteiger partial charge in [0.2, 0.25) is 0 Å². The van der Waals surface area contributed by atoms with Crippen LogP contribution in [-0.2, 0) is 9.47 Å². The van der Waals surface area contributed by atoms with Crippen LogP contribution in [0.3, 0.4) is 0 Å². The van der Waals surface area contributed by atoms with Gasteiger partial charge in [0, 0.05) is 18.5 Å². The van der Waals surface area contributed by atoms with Crippen LogP contribution in [0.5, 0.6) is 0 Å². The number of fused-ring (bicyclic) bond motifs is 2. The molecule has 0 aromatic carbocycles. The normalized spacial score (nSPS) is 41.8. The molecule has 2 nitrogen and oxygen atoms in total. The van der Waals surface area contributed by atoms with Gasteiger partial charge in [-0.05, 0) is 55.3 Å². The summed E-state index contributed by atoms with van der Waals surface area (Å²) < 4.78 is 12.1. The van der Waals surface area contributed by atoms with Gasteiger partial charge >= 0.3 is 0 Å². The van der Waals surface area contributed by atoms with Gasteiger partial charge in [-0.2, -0.15) is 0 Å². The van der Waals surface area contributed by atoms with Crippen molar-refractivity contribution in [2.75, 3.05) is 25.2 Å². The Hall–Kier alpha value is 0.400. The number of halogens is 1. The Bertz CT molecular complexity index is 325. The first-order valence-electron chi connectivity index (χ1n) is 7.88. The molecule has 3 unspecified atom stereocenters. The molecule has 1 saturated heterocycles. The summed E-state index contributed by atoms with van der Waals surface area (Å²) >= 11 is 3.79. The lowest BCUT2D eigenvalue weighted by Gasteiger charge is -2.49. The fourth-order valence-corrected chi connectivity index (χ4v) is 6.08. The second-order valence-electron chi connectivity index (χ2n) is 7.32. The highest BCUT2D eigenvalue weighted by molar-refractivity contribution is 9.09. The van der Waals surface area contributed by atoms with Gasteiger partial charge in [-0.25, -0.2) is 0 Å². The second-order valence-corrected chi connectivity index (χ2v) is 7.88. The molecule has 2 bridgehead atoms. The van der Waals surface area contributed by atoms with Crippen LogP contribution in [0.25, 0.3) is 0 Å². The van der Waals surface area contributed by atoms with E-state index in [9.17, 15) is 0 Å². The summed E-state index contributed by atoms with van der Waals surface area (Å²) in [5.74, 6) is 2.34. The van der Waals surface area contributed by atoms with E-state index in [1.807, 2.05) is 0 Å². The average molecular weight is 331 g/mol. The van der Waals surface area contributed by atoms with Crippen LogP contribution in [0, 0.1) is 23.2 Å². The molecule has 3 aliphatic rings. The van der Waals surface area contributed by atoms with E-state index in [0.717, 1.165) is 37.0 Å². The first-order valence-corrected chi connectivity index (χ1v) is 9.00. The summed E-state index contributed by atoms with van der Waals surface area (Å²) in [6.45, 7) is 7.64. The van der Waals surface area contributed by atoms with Gasteiger partial charge in [0.15, 0.2) is 0 Å². The second kappa shape index (κ2) is 5.31. The highest BCUT2D eigenvalue weighted by atomic mass is 79.9. The van der Waals surface area contributed by atoms with Crippen LogP contribution >= 0.6 is 15.9 Å². The van der Waals surface area contributed by atoms with Gasteiger partial charge < -0.3 is 9.47 Å². The van der Waals surface area contributed by atoms with Crippen LogP contribution in [0.1, 0.15) is 46.0 Å². The zero-order chi connectivity index (χ0) is 13.5. The van der Waals surface area contributed by atoms with Crippen molar-refractivity contribution in [3.8, 4) is 0 Å². The molecule has 2 aliphatic carbocycles. The van der Waals surface area contributed by atoms with Crippen LogP contribution < -0.4 is 0 Å². The van der Waals surface area contributed by atoms with Crippen molar-refractivity contribution in [3.63, 3.8) is 0 Å². The molecule has 0 aromatic rings. The largest absolute Gasteiger partial charge is 0.381 e. The average Bonchev–Trinajstić information content (AvgIpc) is 2.98. The lowest BCUT2D eigenvalue weighted by molar-refractivity contribution is -0.151. The fourth-order valence-electron chi connectivity index (χ4n) is 4.74. The third-order valence-electron chi connectivity index (χ3n) is 6.32. The van der Waals surface area contributed by atoms with Crippen molar-refractivity contribution in [3.05, 3.63) is 0 Å². The Balaban J connectivity index is 1.69. The zero-order valence-electron chi connectivity index (χ0n) is 12.3. The SMILES string of the molecule is CC1(C)C2CCC(C2)C1(CBr)OCC1CCOCC1. The predicted molar refractivity (Wildman–Crippen MR) is 80.6 cm³/mol. The molecular formula is C16H27BrO2. The van der Waals surface area contributed by atoms with E-state index in [-0.39, 0.29) is 5.60 Å². The lowest BCUT2D eigenvalue weighted by Crippen LogP contribution is -2.53. The van der Waals surface area contributed by atoms with Crippen molar-refractivity contribution in [2.45, 2.75) is 51.6 Å². The Morgan fingerprint density at radius 1 is 1.11 bits per heavy atom. The maximum Gasteiger partial charge on any atom is 0.0860 e. The van der Waals surface area contributed by atoms with Gasteiger partial charge in [-0.15, -0.1) is 0 Å². The van der Waals surface area contributed by atoms with E-state index in [1.54, 1.807) is 0 Å². The van der Waals surface area contributed by atoms with Gasteiger partial charge in [0.1, 0.15) is 0 Å². The van der Waals surface area contributed by atoms with Crippen molar-refractivity contribution in [2.24, 2.45) is 23.2 Å². The van der Waals surface area contributed by atoms with Gasteiger partial charge in [0.25, 0.3) is 0 Å². The molecule has 110 valence electrons. The summed E-state index contributed by atoms with van der Waals surface area (Å²) in [5, 5.41) is 0.997. The Morgan fingerprint density at radius 3 is 2.37 bits per heavy atom. The predicted octanol–water partition coefficient (Wildman–Crippen LogP) is 4.02. The van der Waals surface area contributed by atoms with Crippen LogP contribution in [0.2, 0.25) is 0 Å². The quantitative estimate of drug-likeness (QED) is 0.725. The van der Waals surface area contributed by atoms with Crippen molar-refractivity contribution >= 4 is 15.9 Å². The highest BCUT2D eigenvalue weighted by Crippen LogP contribution is 2.63. The van der Waals surface area contributed by atoms with Gasteiger partial charge in [0.05, 0.1) is 12.2 Å². The molecule has 3 heteroatoms. The number of alkyl halides is 1. The molecule has 0 N–H and O–H groups in total. The van der Waals surface area contributed by atoms with E-state index < -0.39 is 0 Å². The monoisotopic (exact) mass is 330 g/mol. The molecule has 0 aromatic heterocycles. The minimum Gasteiger partial charge on any atom is -0.381 e. The topological polar surface area (TPSA) is 18.5 Å². The molecule has 1 heterocycles. The zero-order valence-corrected chi connectivity index (χ0v) is 13.9. The van der Waals surface area contributed by atoms with Crippen LogP contribution in [0.4, 0.5) is 0 Å². The van der Waals surface area contributed by atoms with E-state index >= 15 is 0 Å². The molecule has 1 aliphatic heterocycles. The van der Waals surface area contributed by atoms with E-state index in [4.69, 9.17) is 9.47 Å². The van der Waals surface area contributed by atoms with Crippen molar-refractivity contribution < 1.29 is 9.47 Å². The maximum absolute atomic E-state index is 6.63. The number of ether oxygens (including phenoxy) is 2. The summed E-state index contributed by atoms with van der Waals surface area (Å²) in [6, 6.07) is 0. The van der Waals surface area contributed by atoms with Gasteiger partial charge in [-0.1, -0.05) is 29.8 Å². The molecule has 2 saturated carbocycles. The molecule has 3 atom stereocenters. The van der Waals surface area contributed by atoms with E-state index in [0.29, 0.717) is 11.3 Å². The Labute approximate surface area is 125 Å². The number of hydrogen-bond acceptors (Lipinski definition) is 2. The molecule has 0 radical (unpaired) electrons. The Morgan fingerprint density at radius 2 is 1.79 bits per heavy atom. The van der Waals surface area contributed by atoms with Crippen LogP contribution in [-0.4, -0.2) is 30.8 Å². The maximum atomic E-state index is 6.63.